The molecule has 0 aliphatic carbocycles. The van der Waals surface area contributed by atoms with Crippen molar-refractivity contribution in [1.82, 2.24) is 20.4 Å². The highest BCUT2D eigenvalue weighted by molar-refractivity contribution is 7.12. The largest absolute Gasteiger partial charge is 0.351 e. The van der Waals surface area contributed by atoms with Crippen LogP contribution in [0, 0.1) is 6.92 Å². The molecule has 0 unspecified atom stereocenters. The molecule has 0 spiro atoms. The molecular weight excluding hydrogens is 470 g/mol. The van der Waals surface area contributed by atoms with Crippen molar-refractivity contribution in [2.45, 2.75) is 20.8 Å². The lowest BCUT2D eigenvalue weighted by Gasteiger charge is -2.18. The number of aromatic amines is 1. The molecule has 0 aliphatic heterocycles. The van der Waals surface area contributed by atoms with Crippen LogP contribution in [-0.2, 0) is 0 Å². The van der Waals surface area contributed by atoms with Crippen LogP contribution in [0.3, 0.4) is 0 Å². The number of H-pyrrole nitrogens is 1. The Morgan fingerprint density at radius 1 is 1.06 bits per heavy atom. The van der Waals surface area contributed by atoms with E-state index in [1.165, 1.54) is 11.3 Å². The normalized spacial score (nSPS) is 11.4. The fourth-order valence-corrected chi connectivity index (χ4v) is 4.81. The average molecular weight is 502 g/mol. The van der Waals surface area contributed by atoms with Gasteiger partial charge in [-0.3, -0.25) is 14.7 Å². The molecule has 2 amide bonds. The van der Waals surface area contributed by atoms with Gasteiger partial charge in [0, 0.05) is 29.7 Å². The third kappa shape index (κ3) is 5.90. The first kappa shape index (κ1) is 25.3. The van der Waals surface area contributed by atoms with Gasteiger partial charge in [0.2, 0.25) is 0 Å². The molecule has 4 aromatic rings. The van der Waals surface area contributed by atoms with Gasteiger partial charge in [-0.05, 0) is 66.9 Å². The van der Waals surface area contributed by atoms with Gasteiger partial charge >= 0.3 is 0 Å². The number of anilines is 1. The molecule has 2 aromatic heterocycles. The number of rotatable bonds is 10. The summed E-state index contributed by atoms with van der Waals surface area (Å²) in [5, 5.41) is 16.3. The van der Waals surface area contributed by atoms with Crippen LogP contribution in [0.15, 0.2) is 53.9 Å². The molecule has 0 radical (unpaired) electrons. The van der Waals surface area contributed by atoms with E-state index in [9.17, 15) is 9.59 Å². The van der Waals surface area contributed by atoms with Crippen LogP contribution in [0.4, 0.5) is 5.69 Å². The SMILES string of the molecule is CCN(CC)CCNC(=O)c1ccc(/C=C/c2n[nH]c3ccccc23)c(NC(=O)c2sccc2C)c1. The summed E-state index contributed by atoms with van der Waals surface area (Å²) >= 11 is 1.40. The fraction of sp³-hybridized carbons (Fsp3) is 0.250. The Morgan fingerprint density at radius 3 is 2.61 bits per heavy atom. The number of hydrogen-bond acceptors (Lipinski definition) is 5. The van der Waals surface area contributed by atoms with Gasteiger partial charge in [0.05, 0.1) is 16.1 Å². The van der Waals surface area contributed by atoms with E-state index >= 15 is 0 Å². The quantitative estimate of drug-likeness (QED) is 0.270. The molecule has 0 aliphatic rings. The number of aromatic nitrogens is 2. The summed E-state index contributed by atoms with van der Waals surface area (Å²) in [7, 11) is 0. The van der Waals surface area contributed by atoms with Gasteiger partial charge in [-0.15, -0.1) is 11.3 Å². The number of likely N-dealkylation sites (N-methyl/N-ethyl adjacent to an activating group) is 1. The van der Waals surface area contributed by atoms with Crippen LogP contribution >= 0.6 is 11.3 Å². The fourth-order valence-electron chi connectivity index (χ4n) is 3.99. The molecule has 0 bridgehead atoms. The second kappa shape index (κ2) is 11.8. The van der Waals surface area contributed by atoms with E-state index in [1.807, 2.05) is 60.9 Å². The summed E-state index contributed by atoms with van der Waals surface area (Å²) in [5.41, 5.74) is 4.52. The third-order valence-electron chi connectivity index (χ3n) is 6.16. The molecule has 0 atom stereocenters. The summed E-state index contributed by atoms with van der Waals surface area (Å²) in [5.74, 6) is -0.361. The van der Waals surface area contributed by atoms with Crippen LogP contribution in [0.25, 0.3) is 23.1 Å². The van der Waals surface area contributed by atoms with E-state index in [4.69, 9.17) is 0 Å². The number of para-hydroxylation sites is 1. The summed E-state index contributed by atoms with van der Waals surface area (Å²) in [6, 6.07) is 15.2. The number of fused-ring (bicyclic) bond motifs is 1. The number of amides is 2. The molecule has 8 heteroatoms. The maximum Gasteiger partial charge on any atom is 0.266 e. The average Bonchev–Trinajstić information content (AvgIpc) is 3.51. The summed E-state index contributed by atoms with van der Waals surface area (Å²) in [6.07, 6.45) is 3.81. The standard InChI is InChI=1S/C28H31N5O2S/c1-4-33(5-2)16-15-29-27(34)21-11-10-20(12-13-24-22-8-6-7-9-23(22)31-32-24)25(18-21)30-28(35)26-19(3)14-17-36-26/h6-14,17-18H,4-5,15-16H2,1-3H3,(H,29,34)(H,30,35)(H,31,32)/b13-12+. The van der Waals surface area contributed by atoms with Crippen LogP contribution < -0.4 is 10.6 Å². The predicted molar refractivity (Wildman–Crippen MR) is 149 cm³/mol. The van der Waals surface area contributed by atoms with Gasteiger partial charge in [0.15, 0.2) is 0 Å². The van der Waals surface area contributed by atoms with Gasteiger partial charge in [0.1, 0.15) is 0 Å². The first-order valence-electron chi connectivity index (χ1n) is 12.1. The molecule has 3 N–H and O–H groups in total. The molecule has 0 saturated carbocycles. The topological polar surface area (TPSA) is 90.1 Å². The van der Waals surface area contributed by atoms with Crippen molar-refractivity contribution in [3.63, 3.8) is 0 Å². The van der Waals surface area contributed by atoms with Crippen molar-refractivity contribution < 1.29 is 9.59 Å². The van der Waals surface area contributed by atoms with Crippen molar-refractivity contribution in [3.8, 4) is 0 Å². The highest BCUT2D eigenvalue weighted by atomic mass is 32.1. The Bertz CT molecular complexity index is 1380. The van der Waals surface area contributed by atoms with Gasteiger partial charge in [0.25, 0.3) is 11.8 Å². The smallest absolute Gasteiger partial charge is 0.266 e. The molecule has 0 saturated heterocycles. The number of hydrogen-bond donors (Lipinski definition) is 3. The first-order valence-corrected chi connectivity index (χ1v) is 13.0. The van der Waals surface area contributed by atoms with Crippen LogP contribution in [0.1, 0.15) is 50.7 Å². The van der Waals surface area contributed by atoms with Crippen LogP contribution in [-0.4, -0.2) is 53.1 Å². The molecule has 186 valence electrons. The number of thiophene rings is 1. The number of benzene rings is 2. The monoisotopic (exact) mass is 501 g/mol. The Morgan fingerprint density at radius 2 is 1.86 bits per heavy atom. The first-order chi connectivity index (χ1) is 17.5. The minimum Gasteiger partial charge on any atom is -0.351 e. The Hall–Kier alpha value is -3.75. The molecule has 4 rings (SSSR count). The Kier molecular flexibility index (Phi) is 8.30. The van der Waals surface area contributed by atoms with Crippen molar-refractivity contribution in [2.24, 2.45) is 0 Å². The highest BCUT2D eigenvalue weighted by Gasteiger charge is 2.15. The lowest BCUT2D eigenvalue weighted by atomic mass is 10.1. The second-order valence-corrected chi connectivity index (χ2v) is 9.38. The van der Waals surface area contributed by atoms with E-state index in [0.29, 0.717) is 22.7 Å². The molecular formula is C28H31N5O2S. The maximum absolute atomic E-state index is 13.0. The molecule has 7 nitrogen and oxygen atoms in total. The molecule has 2 aromatic carbocycles. The summed E-state index contributed by atoms with van der Waals surface area (Å²) < 4.78 is 0. The van der Waals surface area contributed by atoms with Crippen molar-refractivity contribution in [1.29, 1.82) is 0 Å². The number of carbonyl (C=O) groups is 2. The number of carbonyl (C=O) groups excluding carboxylic acids is 2. The van der Waals surface area contributed by atoms with E-state index in [-0.39, 0.29) is 11.8 Å². The van der Waals surface area contributed by atoms with Crippen molar-refractivity contribution >= 4 is 51.9 Å². The Labute approximate surface area is 215 Å². The van der Waals surface area contributed by atoms with Gasteiger partial charge in [-0.1, -0.05) is 44.2 Å². The number of aryl methyl sites for hydroxylation is 1. The van der Waals surface area contributed by atoms with Gasteiger partial charge in [-0.25, -0.2) is 0 Å². The molecule has 0 fully saturated rings. The minimum absolute atomic E-state index is 0.168. The van der Waals surface area contributed by atoms with Crippen LogP contribution in [0.2, 0.25) is 0 Å². The summed E-state index contributed by atoms with van der Waals surface area (Å²) in [6.45, 7) is 9.35. The van der Waals surface area contributed by atoms with Crippen LogP contribution in [0.5, 0.6) is 0 Å². The van der Waals surface area contributed by atoms with Gasteiger partial charge < -0.3 is 15.5 Å². The zero-order valence-corrected chi connectivity index (χ0v) is 21.6. The zero-order valence-electron chi connectivity index (χ0n) is 20.8. The zero-order chi connectivity index (χ0) is 25.5. The summed E-state index contributed by atoms with van der Waals surface area (Å²) in [4.78, 5) is 28.8. The lowest BCUT2D eigenvalue weighted by molar-refractivity contribution is 0.0947. The van der Waals surface area contributed by atoms with Crippen molar-refractivity contribution in [3.05, 3.63) is 81.2 Å². The maximum atomic E-state index is 13.0. The predicted octanol–water partition coefficient (Wildman–Crippen LogP) is 5.43. The van der Waals surface area contributed by atoms with E-state index in [2.05, 4.69) is 39.6 Å². The van der Waals surface area contributed by atoms with Crippen molar-refractivity contribution in [2.75, 3.05) is 31.5 Å². The number of nitrogens with zero attached hydrogens (tertiary/aromatic N) is 2. The van der Waals surface area contributed by atoms with E-state index in [0.717, 1.165) is 47.4 Å². The third-order valence-corrected chi connectivity index (χ3v) is 7.18. The van der Waals surface area contributed by atoms with Gasteiger partial charge in [-0.2, -0.15) is 5.10 Å². The minimum atomic E-state index is -0.193. The highest BCUT2D eigenvalue weighted by Crippen LogP contribution is 2.25. The van der Waals surface area contributed by atoms with E-state index < -0.39 is 0 Å². The Balaban J connectivity index is 1.59. The van der Waals surface area contributed by atoms with E-state index in [1.54, 1.807) is 12.1 Å². The molecule has 36 heavy (non-hydrogen) atoms. The lowest BCUT2D eigenvalue weighted by Crippen LogP contribution is -2.34. The number of nitrogens with one attached hydrogen (secondary N) is 3. The molecule has 2 heterocycles. The second-order valence-electron chi connectivity index (χ2n) is 8.46.